The summed E-state index contributed by atoms with van der Waals surface area (Å²) in [5.74, 6) is -0.104. The number of amides is 3. The Kier molecular flexibility index (Phi) is 8.48. The molecule has 3 amide bonds. The van der Waals surface area contributed by atoms with Gasteiger partial charge in [-0.25, -0.2) is 9.89 Å². The van der Waals surface area contributed by atoms with E-state index in [4.69, 9.17) is 0 Å². The zero-order valence-electron chi connectivity index (χ0n) is 21.4. The van der Waals surface area contributed by atoms with Gasteiger partial charge in [0.1, 0.15) is 11.9 Å². The average molecular weight is 540 g/mol. The van der Waals surface area contributed by atoms with Crippen molar-refractivity contribution in [3.63, 3.8) is 0 Å². The van der Waals surface area contributed by atoms with Gasteiger partial charge in [-0.3, -0.25) is 19.4 Å². The van der Waals surface area contributed by atoms with Crippen molar-refractivity contribution in [3.8, 4) is 0 Å². The van der Waals surface area contributed by atoms with Gasteiger partial charge in [-0.15, -0.1) is 0 Å². The summed E-state index contributed by atoms with van der Waals surface area (Å²) in [6.07, 6.45) is 1.40. The van der Waals surface area contributed by atoms with Crippen molar-refractivity contribution in [2.75, 3.05) is 18.8 Å². The lowest BCUT2D eigenvalue weighted by molar-refractivity contribution is -0.128. The van der Waals surface area contributed by atoms with Crippen LogP contribution in [0.5, 0.6) is 0 Å². The van der Waals surface area contributed by atoms with Gasteiger partial charge < -0.3 is 10.6 Å². The van der Waals surface area contributed by atoms with E-state index in [1.54, 1.807) is 0 Å². The molecule has 9 heteroatoms. The smallest absolute Gasteiger partial charge is 0.259 e. The van der Waals surface area contributed by atoms with Crippen LogP contribution in [-0.2, 0) is 27.2 Å². The highest BCUT2D eigenvalue weighted by Gasteiger charge is 2.42. The van der Waals surface area contributed by atoms with Crippen LogP contribution in [0.2, 0.25) is 0 Å². The molecule has 0 fully saturated rings. The van der Waals surface area contributed by atoms with Crippen LogP contribution < -0.4 is 10.6 Å². The summed E-state index contributed by atoms with van der Waals surface area (Å²) in [5, 5.41) is 6.21. The highest BCUT2D eigenvalue weighted by Crippen LogP contribution is 2.34. The maximum atomic E-state index is 13.4. The fourth-order valence-electron chi connectivity index (χ4n) is 4.44. The molecule has 2 heterocycles. The van der Waals surface area contributed by atoms with Crippen LogP contribution in [0.3, 0.4) is 0 Å². The summed E-state index contributed by atoms with van der Waals surface area (Å²) in [7, 11) is 0. The zero-order valence-corrected chi connectivity index (χ0v) is 22.2. The zero-order chi connectivity index (χ0) is 27.0. The average Bonchev–Trinajstić information content (AvgIpc) is 3.29. The molecule has 2 aliphatic heterocycles. The lowest BCUT2D eigenvalue weighted by Gasteiger charge is -2.25. The van der Waals surface area contributed by atoms with Gasteiger partial charge in [0.2, 0.25) is 11.8 Å². The van der Waals surface area contributed by atoms with Crippen LogP contribution in [0, 0.1) is 0 Å². The Balaban J connectivity index is 1.19. The maximum Gasteiger partial charge on any atom is 0.259 e. The molecule has 0 saturated heterocycles. The van der Waals surface area contributed by atoms with E-state index in [2.05, 4.69) is 20.6 Å². The molecule has 0 aromatic heterocycles. The van der Waals surface area contributed by atoms with Crippen LogP contribution >= 0.6 is 11.8 Å². The molecule has 3 aromatic carbocycles. The molecule has 8 nitrogen and oxygen atoms in total. The van der Waals surface area contributed by atoms with E-state index in [1.807, 2.05) is 84.9 Å². The predicted molar refractivity (Wildman–Crippen MR) is 154 cm³/mol. The normalized spacial score (nSPS) is 15.6. The van der Waals surface area contributed by atoms with Gasteiger partial charge in [0.15, 0.2) is 5.17 Å². The third kappa shape index (κ3) is 6.61. The second-order valence-corrected chi connectivity index (χ2v) is 10.2. The molecule has 39 heavy (non-hydrogen) atoms. The Bertz CT molecular complexity index is 1410. The SMILES string of the molecule is O=C(CSC1=Nc2ccccc2C2=NC(CC(=O)NCCc3ccccc3)C(=O)N12)NCCc1ccccc1. The number of amidine groups is 2. The van der Waals surface area contributed by atoms with E-state index >= 15 is 0 Å². The molecule has 0 saturated carbocycles. The lowest BCUT2D eigenvalue weighted by Crippen LogP contribution is -2.42. The first-order chi connectivity index (χ1) is 19.1. The minimum Gasteiger partial charge on any atom is -0.356 e. The van der Waals surface area contributed by atoms with E-state index in [-0.39, 0.29) is 29.9 Å². The van der Waals surface area contributed by atoms with E-state index in [0.717, 1.165) is 23.1 Å². The monoisotopic (exact) mass is 539 g/mol. The Hall–Kier alpha value is -4.24. The number of rotatable bonds is 10. The summed E-state index contributed by atoms with van der Waals surface area (Å²) in [6.45, 7) is 1.00. The first-order valence-corrected chi connectivity index (χ1v) is 13.9. The van der Waals surface area contributed by atoms with E-state index in [1.165, 1.54) is 16.7 Å². The fraction of sp³-hybridized carbons (Fsp3) is 0.233. The van der Waals surface area contributed by atoms with Crippen molar-refractivity contribution in [1.29, 1.82) is 0 Å². The molecule has 2 aliphatic rings. The number of nitrogens with one attached hydrogen (secondary N) is 2. The van der Waals surface area contributed by atoms with Crippen molar-refractivity contribution in [1.82, 2.24) is 15.5 Å². The maximum absolute atomic E-state index is 13.4. The Morgan fingerprint density at radius 3 is 2.05 bits per heavy atom. The van der Waals surface area contributed by atoms with Crippen molar-refractivity contribution in [3.05, 3.63) is 102 Å². The first-order valence-electron chi connectivity index (χ1n) is 12.9. The number of fused-ring (bicyclic) bond motifs is 3. The topological polar surface area (TPSA) is 103 Å². The molecule has 0 radical (unpaired) electrons. The Morgan fingerprint density at radius 1 is 0.795 bits per heavy atom. The summed E-state index contributed by atoms with van der Waals surface area (Å²) in [6, 6.07) is 26.4. The van der Waals surface area contributed by atoms with Crippen molar-refractivity contribution in [2.45, 2.75) is 25.3 Å². The number of hydrogen-bond acceptors (Lipinski definition) is 6. The van der Waals surface area contributed by atoms with E-state index in [9.17, 15) is 14.4 Å². The number of nitrogens with zero attached hydrogens (tertiary/aromatic N) is 3. The molecule has 1 unspecified atom stereocenters. The largest absolute Gasteiger partial charge is 0.356 e. The number of hydrogen-bond donors (Lipinski definition) is 2. The minimum absolute atomic E-state index is 0.0479. The van der Waals surface area contributed by atoms with Crippen molar-refractivity contribution < 1.29 is 14.4 Å². The molecular formula is C30H29N5O3S. The highest BCUT2D eigenvalue weighted by atomic mass is 32.2. The molecule has 0 aliphatic carbocycles. The summed E-state index contributed by atoms with van der Waals surface area (Å²) in [4.78, 5) is 49.3. The van der Waals surface area contributed by atoms with Gasteiger partial charge in [-0.05, 0) is 36.1 Å². The number of carbonyl (C=O) groups excluding carboxylic acids is 3. The molecule has 0 bridgehead atoms. The molecular weight excluding hydrogens is 510 g/mol. The Labute approximate surface area is 231 Å². The quantitative estimate of drug-likeness (QED) is 0.412. The molecule has 198 valence electrons. The first kappa shape index (κ1) is 26.4. The van der Waals surface area contributed by atoms with Gasteiger partial charge >= 0.3 is 0 Å². The number of benzene rings is 3. The van der Waals surface area contributed by atoms with Crippen LogP contribution in [0.15, 0.2) is 94.9 Å². The third-order valence-electron chi connectivity index (χ3n) is 6.42. The predicted octanol–water partition coefficient (Wildman–Crippen LogP) is 3.49. The minimum atomic E-state index is -0.839. The van der Waals surface area contributed by atoms with E-state index < -0.39 is 6.04 Å². The number of para-hydroxylation sites is 1. The van der Waals surface area contributed by atoms with Crippen LogP contribution in [0.1, 0.15) is 23.1 Å². The fourth-order valence-corrected chi connectivity index (χ4v) is 5.27. The van der Waals surface area contributed by atoms with Gasteiger partial charge in [0.05, 0.1) is 17.9 Å². The summed E-state index contributed by atoms with van der Waals surface area (Å²) < 4.78 is 0. The van der Waals surface area contributed by atoms with Gasteiger partial charge in [-0.1, -0.05) is 84.6 Å². The molecule has 5 rings (SSSR count). The Morgan fingerprint density at radius 2 is 1.38 bits per heavy atom. The molecule has 2 N–H and O–H groups in total. The lowest BCUT2D eigenvalue weighted by atomic mass is 10.1. The standard InChI is InChI=1S/C30H29N5O3S/c36-26(31-17-15-21-9-3-1-4-10-21)19-25-29(38)35-28(33-25)23-13-7-8-14-24(23)34-30(35)39-20-27(37)32-18-16-22-11-5-2-6-12-22/h1-14,25H,15-20H2,(H,31,36)(H,32,37). The molecule has 1 atom stereocenters. The number of aliphatic imine (C=N–C) groups is 2. The third-order valence-corrected chi connectivity index (χ3v) is 7.35. The van der Waals surface area contributed by atoms with Gasteiger partial charge in [0, 0.05) is 18.7 Å². The van der Waals surface area contributed by atoms with E-state index in [0.29, 0.717) is 36.2 Å². The second-order valence-electron chi connectivity index (χ2n) is 9.22. The van der Waals surface area contributed by atoms with Crippen LogP contribution in [-0.4, -0.2) is 58.5 Å². The summed E-state index contributed by atoms with van der Waals surface area (Å²) in [5.41, 5.74) is 3.69. The van der Waals surface area contributed by atoms with Crippen molar-refractivity contribution in [2.24, 2.45) is 9.98 Å². The molecule has 3 aromatic rings. The van der Waals surface area contributed by atoms with Crippen molar-refractivity contribution >= 4 is 46.2 Å². The van der Waals surface area contributed by atoms with Gasteiger partial charge in [-0.2, -0.15) is 0 Å². The van der Waals surface area contributed by atoms with Gasteiger partial charge in [0.25, 0.3) is 5.91 Å². The summed E-state index contributed by atoms with van der Waals surface area (Å²) >= 11 is 1.19. The number of carbonyl (C=O) groups is 3. The second kappa shape index (κ2) is 12.5. The highest BCUT2D eigenvalue weighted by molar-refractivity contribution is 8.14. The number of thioether (sulfide) groups is 1. The van der Waals surface area contributed by atoms with Crippen LogP contribution in [0.4, 0.5) is 5.69 Å². The van der Waals surface area contributed by atoms with Crippen LogP contribution in [0.25, 0.3) is 0 Å². The molecule has 0 spiro atoms.